The Balaban J connectivity index is 1.78. The zero-order chi connectivity index (χ0) is 16.4. The molecule has 0 aliphatic heterocycles. The molecule has 2 aromatic heterocycles. The van der Waals surface area contributed by atoms with Crippen LogP contribution in [0, 0.1) is 5.82 Å². The Bertz CT molecular complexity index is 891. The van der Waals surface area contributed by atoms with Crippen LogP contribution in [0.4, 0.5) is 10.1 Å². The molecule has 1 N–H and O–H groups in total. The van der Waals surface area contributed by atoms with E-state index in [1.165, 1.54) is 10.7 Å². The number of nitrogens with zero attached hydrogens (tertiary/aromatic N) is 4. The minimum absolute atomic E-state index is 0.239. The maximum atomic E-state index is 14.2. The second-order valence-electron chi connectivity index (χ2n) is 4.91. The summed E-state index contributed by atoms with van der Waals surface area (Å²) >= 11 is 3.24. The summed E-state index contributed by atoms with van der Waals surface area (Å²) in [6.45, 7) is 0.370. The Morgan fingerprint density at radius 1 is 1.39 bits per heavy atom. The van der Waals surface area contributed by atoms with Gasteiger partial charge in [0.2, 0.25) is 0 Å². The van der Waals surface area contributed by atoms with Gasteiger partial charge in [0.1, 0.15) is 10.3 Å². The van der Waals surface area contributed by atoms with Crippen LogP contribution in [0.25, 0.3) is 5.69 Å². The average Bonchev–Trinajstić information content (AvgIpc) is 3.06. The summed E-state index contributed by atoms with van der Waals surface area (Å²) in [6.07, 6.45) is 6.36. The highest BCUT2D eigenvalue weighted by atomic mass is 79.9. The molecule has 3 aromatic rings. The van der Waals surface area contributed by atoms with Gasteiger partial charge in [0, 0.05) is 26.0 Å². The molecule has 0 spiro atoms. The van der Waals surface area contributed by atoms with E-state index in [0.29, 0.717) is 22.4 Å². The summed E-state index contributed by atoms with van der Waals surface area (Å²) in [6, 6.07) is 4.95. The molecule has 0 radical (unpaired) electrons. The lowest BCUT2D eigenvalue weighted by Gasteiger charge is -2.10. The number of aryl methyl sites for hydroxylation is 1. The first kappa shape index (κ1) is 15.4. The number of aromatic nitrogens is 4. The molecule has 0 fully saturated rings. The van der Waals surface area contributed by atoms with Crippen molar-refractivity contribution in [2.45, 2.75) is 6.54 Å². The Labute approximate surface area is 139 Å². The molecule has 6 nitrogen and oxygen atoms in total. The van der Waals surface area contributed by atoms with Crippen LogP contribution in [-0.4, -0.2) is 19.3 Å². The SMILES string of the molecule is Cn1ncc(NCc2ccc(-n3ccnc3)c(F)c2)c(Br)c1=O. The molecule has 0 saturated heterocycles. The van der Waals surface area contributed by atoms with Gasteiger partial charge >= 0.3 is 0 Å². The van der Waals surface area contributed by atoms with E-state index in [1.807, 2.05) is 6.07 Å². The number of hydrogen-bond acceptors (Lipinski definition) is 4. The Morgan fingerprint density at radius 3 is 2.91 bits per heavy atom. The fraction of sp³-hybridized carbons (Fsp3) is 0.133. The van der Waals surface area contributed by atoms with Crippen LogP contribution in [0.3, 0.4) is 0 Å². The van der Waals surface area contributed by atoms with E-state index in [9.17, 15) is 9.18 Å². The van der Waals surface area contributed by atoms with Gasteiger partial charge in [0.25, 0.3) is 5.56 Å². The van der Waals surface area contributed by atoms with E-state index in [0.717, 1.165) is 5.56 Å². The number of nitrogens with one attached hydrogen (secondary N) is 1. The minimum Gasteiger partial charge on any atom is -0.379 e. The van der Waals surface area contributed by atoms with Crippen molar-refractivity contribution in [1.29, 1.82) is 0 Å². The Kier molecular flexibility index (Phi) is 4.24. The molecule has 8 heteroatoms. The summed E-state index contributed by atoms with van der Waals surface area (Å²) in [5.41, 5.74) is 1.51. The Morgan fingerprint density at radius 2 is 2.22 bits per heavy atom. The van der Waals surface area contributed by atoms with Crippen molar-refractivity contribution in [1.82, 2.24) is 19.3 Å². The van der Waals surface area contributed by atoms with Crippen LogP contribution < -0.4 is 10.9 Å². The molecular weight excluding hydrogens is 365 g/mol. The van der Waals surface area contributed by atoms with Crippen LogP contribution in [0.15, 0.2) is 52.4 Å². The molecule has 0 amide bonds. The van der Waals surface area contributed by atoms with Crippen molar-refractivity contribution in [3.05, 3.63) is 69.3 Å². The van der Waals surface area contributed by atoms with Crippen molar-refractivity contribution in [2.75, 3.05) is 5.32 Å². The molecule has 0 aliphatic carbocycles. The van der Waals surface area contributed by atoms with Gasteiger partial charge in [-0.25, -0.2) is 14.1 Å². The van der Waals surface area contributed by atoms with Crippen molar-refractivity contribution in [3.8, 4) is 5.69 Å². The lowest BCUT2D eigenvalue weighted by molar-refractivity contribution is 0.616. The van der Waals surface area contributed by atoms with E-state index < -0.39 is 0 Å². The smallest absolute Gasteiger partial charge is 0.282 e. The summed E-state index contributed by atoms with van der Waals surface area (Å²) in [7, 11) is 1.57. The number of benzene rings is 1. The van der Waals surface area contributed by atoms with Crippen molar-refractivity contribution < 1.29 is 4.39 Å². The van der Waals surface area contributed by atoms with Crippen molar-refractivity contribution in [3.63, 3.8) is 0 Å². The van der Waals surface area contributed by atoms with Gasteiger partial charge < -0.3 is 9.88 Å². The molecule has 0 atom stereocenters. The van der Waals surface area contributed by atoms with Gasteiger partial charge in [-0.1, -0.05) is 6.07 Å². The number of rotatable bonds is 4. The molecule has 1 aromatic carbocycles. The topological polar surface area (TPSA) is 64.7 Å². The summed E-state index contributed by atoms with van der Waals surface area (Å²) in [5.74, 6) is -0.344. The lowest BCUT2D eigenvalue weighted by Crippen LogP contribution is -2.21. The van der Waals surface area contributed by atoms with Gasteiger partial charge in [-0.2, -0.15) is 5.10 Å². The van der Waals surface area contributed by atoms with Gasteiger partial charge in [0.15, 0.2) is 0 Å². The second kappa shape index (κ2) is 6.33. The lowest BCUT2D eigenvalue weighted by atomic mass is 10.2. The highest BCUT2D eigenvalue weighted by Gasteiger charge is 2.08. The fourth-order valence-electron chi connectivity index (χ4n) is 2.10. The van der Waals surface area contributed by atoms with Gasteiger partial charge in [0.05, 0.1) is 23.9 Å². The molecule has 0 unspecified atom stereocenters. The minimum atomic E-state index is -0.344. The third-order valence-corrected chi connectivity index (χ3v) is 4.12. The summed E-state index contributed by atoms with van der Waals surface area (Å²) in [4.78, 5) is 15.7. The maximum absolute atomic E-state index is 14.2. The monoisotopic (exact) mass is 377 g/mol. The second-order valence-corrected chi connectivity index (χ2v) is 5.70. The van der Waals surface area contributed by atoms with Crippen molar-refractivity contribution >= 4 is 21.6 Å². The number of halogens is 2. The van der Waals surface area contributed by atoms with E-state index in [4.69, 9.17) is 0 Å². The number of hydrogen-bond donors (Lipinski definition) is 1. The molecule has 3 rings (SSSR count). The van der Waals surface area contributed by atoms with E-state index >= 15 is 0 Å². The van der Waals surface area contributed by atoms with Gasteiger partial charge in [-0.3, -0.25) is 4.79 Å². The molecular formula is C15H13BrFN5O. The molecule has 0 aliphatic rings. The van der Waals surface area contributed by atoms with E-state index in [1.54, 1.807) is 42.6 Å². The van der Waals surface area contributed by atoms with Crippen LogP contribution in [0.2, 0.25) is 0 Å². The first-order valence-electron chi connectivity index (χ1n) is 6.78. The first-order chi connectivity index (χ1) is 11.1. The van der Waals surface area contributed by atoms with E-state index in [-0.39, 0.29) is 11.4 Å². The number of anilines is 1. The van der Waals surface area contributed by atoms with Crippen LogP contribution >= 0.6 is 15.9 Å². The average molecular weight is 378 g/mol. The highest BCUT2D eigenvalue weighted by molar-refractivity contribution is 9.10. The Hall–Kier alpha value is -2.48. The van der Waals surface area contributed by atoms with Crippen molar-refractivity contribution in [2.24, 2.45) is 7.05 Å². The standard InChI is InChI=1S/C15H13BrFN5O/c1-21-15(23)14(16)12(8-20-21)19-7-10-2-3-13(11(17)6-10)22-5-4-18-9-22/h2-6,8-9,19H,7H2,1H3. The third kappa shape index (κ3) is 3.16. The molecule has 2 heterocycles. The van der Waals surface area contributed by atoms with Crippen LogP contribution in [0.1, 0.15) is 5.56 Å². The molecule has 0 bridgehead atoms. The van der Waals surface area contributed by atoms with Crippen LogP contribution in [0.5, 0.6) is 0 Å². The molecule has 0 saturated carbocycles. The zero-order valence-electron chi connectivity index (χ0n) is 12.2. The largest absolute Gasteiger partial charge is 0.379 e. The normalized spacial score (nSPS) is 10.7. The van der Waals surface area contributed by atoms with Gasteiger partial charge in [-0.15, -0.1) is 0 Å². The summed E-state index contributed by atoms with van der Waals surface area (Å²) in [5, 5.41) is 7.01. The van der Waals surface area contributed by atoms with Gasteiger partial charge in [-0.05, 0) is 33.6 Å². The third-order valence-electron chi connectivity index (χ3n) is 3.36. The molecule has 23 heavy (non-hydrogen) atoms. The fourth-order valence-corrected chi connectivity index (χ4v) is 2.60. The number of imidazole rings is 1. The predicted molar refractivity (Wildman–Crippen MR) is 88.0 cm³/mol. The first-order valence-corrected chi connectivity index (χ1v) is 7.58. The quantitative estimate of drug-likeness (QED) is 0.758. The van der Waals surface area contributed by atoms with E-state index in [2.05, 4.69) is 31.3 Å². The highest BCUT2D eigenvalue weighted by Crippen LogP contribution is 2.19. The zero-order valence-corrected chi connectivity index (χ0v) is 13.8. The molecule has 118 valence electrons. The van der Waals surface area contributed by atoms with Crippen LogP contribution in [-0.2, 0) is 13.6 Å². The summed E-state index contributed by atoms with van der Waals surface area (Å²) < 4.78 is 17.4. The maximum Gasteiger partial charge on any atom is 0.282 e. The predicted octanol–water partition coefficient (Wildman–Crippen LogP) is 2.48.